The fraction of sp³-hybridized carbons (Fsp3) is 0.100. The Hall–Kier alpha value is -2.47. The lowest BCUT2D eigenvalue weighted by Crippen LogP contribution is -2.06. The summed E-state index contributed by atoms with van der Waals surface area (Å²) in [4.78, 5) is 11.2. The van der Waals surface area contributed by atoms with Crippen molar-refractivity contribution in [3.63, 3.8) is 0 Å². The molecule has 0 radical (unpaired) electrons. The molecule has 2 aromatic carbocycles. The van der Waals surface area contributed by atoms with E-state index in [0.29, 0.717) is 38.5 Å². The van der Waals surface area contributed by atoms with Gasteiger partial charge in [0.1, 0.15) is 11.3 Å². The fourth-order valence-corrected chi connectivity index (χ4v) is 3.81. The number of furan rings is 1. The Kier molecular flexibility index (Phi) is 4.83. The van der Waals surface area contributed by atoms with Gasteiger partial charge in [0.2, 0.25) is 0 Å². The molecule has 5 nitrogen and oxygen atoms in total. The van der Waals surface area contributed by atoms with Gasteiger partial charge in [-0.3, -0.25) is 4.68 Å². The third-order valence-electron chi connectivity index (χ3n) is 4.37. The van der Waals surface area contributed by atoms with Gasteiger partial charge in [-0.2, -0.15) is 5.10 Å². The lowest BCUT2D eigenvalue weighted by atomic mass is 10.1. The molecular formula is C20H13Cl3N2O3. The highest BCUT2D eigenvalue weighted by Gasteiger charge is 2.16. The summed E-state index contributed by atoms with van der Waals surface area (Å²) in [6.07, 6.45) is 0. The second kappa shape index (κ2) is 7.17. The normalized spacial score (nSPS) is 11.3. The number of aromatic carboxylic acids is 1. The first-order valence-corrected chi connectivity index (χ1v) is 9.40. The first-order chi connectivity index (χ1) is 13.3. The first-order valence-electron chi connectivity index (χ1n) is 8.27. The van der Waals surface area contributed by atoms with E-state index in [0.717, 1.165) is 16.6 Å². The highest BCUT2D eigenvalue weighted by Crippen LogP contribution is 2.36. The van der Waals surface area contributed by atoms with Crippen LogP contribution in [-0.4, -0.2) is 20.9 Å². The molecule has 1 N–H and O–H groups in total. The zero-order valence-electron chi connectivity index (χ0n) is 14.5. The minimum absolute atomic E-state index is 0.0103. The van der Waals surface area contributed by atoms with Crippen molar-refractivity contribution in [1.29, 1.82) is 0 Å². The summed E-state index contributed by atoms with van der Waals surface area (Å²) in [5, 5.41) is 15.6. The molecular weight excluding hydrogens is 423 g/mol. The minimum atomic E-state index is -1.07. The smallest absolute Gasteiger partial charge is 0.356 e. The van der Waals surface area contributed by atoms with Gasteiger partial charge in [-0.05, 0) is 49.4 Å². The molecule has 8 heteroatoms. The van der Waals surface area contributed by atoms with Crippen LogP contribution in [0.1, 0.15) is 21.7 Å². The lowest BCUT2D eigenvalue weighted by molar-refractivity contribution is 0.0689. The van der Waals surface area contributed by atoms with Crippen molar-refractivity contribution < 1.29 is 14.3 Å². The molecule has 0 bridgehead atoms. The first kappa shape index (κ1) is 18.9. The number of halogens is 3. The van der Waals surface area contributed by atoms with Crippen LogP contribution in [0.3, 0.4) is 0 Å². The Morgan fingerprint density at radius 1 is 1.11 bits per heavy atom. The van der Waals surface area contributed by atoms with E-state index < -0.39 is 5.97 Å². The summed E-state index contributed by atoms with van der Waals surface area (Å²) in [7, 11) is 0. The number of nitrogens with zero attached hydrogens (tertiary/aromatic N) is 2. The molecule has 0 fully saturated rings. The number of aromatic nitrogens is 2. The van der Waals surface area contributed by atoms with Gasteiger partial charge < -0.3 is 9.52 Å². The summed E-state index contributed by atoms with van der Waals surface area (Å²) in [5.41, 5.74) is 2.84. The maximum atomic E-state index is 11.2. The van der Waals surface area contributed by atoms with Gasteiger partial charge in [0.25, 0.3) is 0 Å². The molecule has 0 aliphatic heterocycles. The summed E-state index contributed by atoms with van der Waals surface area (Å²) >= 11 is 18.6. The molecule has 142 valence electrons. The van der Waals surface area contributed by atoms with Crippen LogP contribution in [0, 0.1) is 6.92 Å². The predicted octanol–water partition coefficient (Wildman–Crippen LogP) is 6.31. The second-order valence-electron chi connectivity index (χ2n) is 6.35. The second-order valence-corrected chi connectivity index (χ2v) is 7.63. The topological polar surface area (TPSA) is 68.3 Å². The van der Waals surface area contributed by atoms with Crippen molar-refractivity contribution in [2.45, 2.75) is 13.5 Å². The Morgan fingerprint density at radius 3 is 2.57 bits per heavy atom. The van der Waals surface area contributed by atoms with E-state index >= 15 is 0 Å². The standard InChI is InChI=1S/C20H13Cl3N2O3/c1-10-4-17(20(26)27)24-25(10)9-12-6-14(22)5-11-7-18(28-19(11)12)15-3-2-13(21)8-16(15)23/h2-8H,9H2,1H3,(H,26,27). The van der Waals surface area contributed by atoms with Crippen LogP contribution < -0.4 is 0 Å². The predicted molar refractivity (Wildman–Crippen MR) is 110 cm³/mol. The monoisotopic (exact) mass is 434 g/mol. The van der Waals surface area contributed by atoms with Gasteiger partial charge in [-0.25, -0.2) is 4.79 Å². The maximum absolute atomic E-state index is 11.2. The average Bonchev–Trinajstić information content (AvgIpc) is 3.19. The number of carboxylic acids is 1. The van der Waals surface area contributed by atoms with E-state index in [2.05, 4.69) is 5.10 Å². The van der Waals surface area contributed by atoms with E-state index in [9.17, 15) is 4.79 Å². The SMILES string of the molecule is Cc1cc(C(=O)O)nn1Cc1cc(Cl)cc2cc(-c3ccc(Cl)cc3Cl)oc12. The van der Waals surface area contributed by atoms with Crippen molar-refractivity contribution >= 4 is 51.7 Å². The fourth-order valence-electron chi connectivity index (χ4n) is 3.06. The molecule has 0 saturated heterocycles. The molecule has 0 atom stereocenters. The van der Waals surface area contributed by atoms with Crippen LogP contribution in [0.4, 0.5) is 0 Å². The quantitative estimate of drug-likeness (QED) is 0.408. The number of carbonyl (C=O) groups is 1. The molecule has 0 saturated carbocycles. The van der Waals surface area contributed by atoms with Crippen LogP contribution >= 0.6 is 34.8 Å². The van der Waals surface area contributed by atoms with Gasteiger partial charge in [0.15, 0.2) is 5.69 Å². The zero-order chi connectivity index (χ0) is 20.0. The molecule has 0 spiro atoms. The van der Waals surface area contributed by atoms with Crippen molar-refractivity contribution in [2.75, 3.05) is 0 Å². The summed E-state index contributed by atoms with van der Waals surface area (Å²) in [6, 6.07) is 12.1. The van der Waals surface area contributed by atoms with Crippen molar-refractivity contribution in [3.05, 3.63) is 74.5 Å². The Bertz CT molecular complexity index is 1230. The zero-order valence-corrected chi connectivity index (χ0v) is 16.8. The van der Waals surface area contributed by atoms with Gasteiger partial charge in [0.05, 0.1) is 11.6 Å². The average molecular weight is 436 g/mol. The van der Waals surface area contributed by atoms with Gasteiger partial charge >= 0.3 is 5.97 Å². The lowest BCUT2D eigenvalue weighted by Gasteiger charge is -2.06. The number of carboxylic acid groups (broad SMARTS) is 1. The van der Waals surface area contributed by atoms with E-state index in [1.165, 1.54) is 6.07 Å². The van der Waals surface area contributed by atoms with E-state index in [1.807, 2.05) is 6.07 Å². The molecule has 2 aromatic heterocycles. The molecule has 0 aliphatic rings. The molecule has 0 aliphatic carbocycles. The highest BCUT2D eigenvalue weighted by atomic mass is 35.5. The maximum Gasteiger partial charge on any atom is 0.356 e. The molecule has 4 rings (SSSR count). The number of benzene rings is 2. The number of fused-ring (bicyclic) bond motifs is 1. The summed E-state index contributed by atoms with van der Waals surface area (Å²) in [6.45, 7) is 2.11. The van der Waals surface area contributed by atoms with Crippen LogP contribution in [-0.2, 0) is 6.54 Å². The molecule has 0 unspecified atom stereocenters. The van der Waals surface area contributed by atoms with E-state index in [4.69, 9.17) is 44.3 Å². The van der Waals surface area contributed by atoms with Crippen LogP contribution in [0.25, 0.3) is 22.3 Å². The van der Waals surface area contributed by atoms with Crippen molar-refractivity contribution in [1.82, 2.24) is 9.78 Å². The number of rotatable bonds is 4. The molecule has 2 heterocycles. The van der Waals surface area contributed by atoms with Crippen molar-refractivity contribution in [2.24, 2.45) is 0 Å². The number of hydrogen-bond donors (Lipinski definition) is 1. The van der Waals surface area contributed by atoms with Crippen LogP contribution in [0.15, 0.2) is 46.9 Å². The van der Waals surface area contributed by atoms with Crippen LogP contribution in [0.2, 0.25) is 15.1 Å². The Labute approximate surface area is 175 Å². The largest absolute Gasteiger partial charge is 0.476 e. The Morgan fingerprint density at radius 2 is 1.89 bits per heavy atom. The molecule has 28 heavy (non-hydrogen) atoms. The number of hydrogen-bond acceptors (Lipinski definition) is 3. The van der Waals surface area contributed by atoms with Crippen LogP contribution in [0.5, 0.6) is 0 Å². The van der Waals surface area contributed by atoms with Crippen molar-refractivity contribution in [3.8, 4) is 11.3 Å². The van der Waals surface area contributed by atoms with Gasteiger partial charge in [-0.1, -0.05) is 34.8 Å². The van der Waals surface area contributed by atoms with Gasteiger partial charge in [-0.15, -0.1) is 0 Å². The molecule has 4 aromatic rings. The minimum Gasteiger partial charge on any atom is -0.476 e. The third-order valence-corrected chi connectivity index (χ3v) is 5.14. The summed E-state index contributed by atoms with van der Waals surface area (Å²) in [5.74, 6) is -0.487. The van der Waals surface area contributed by atoms with E-state index in [1.54, 1.807) is 41.9 Å². The Balaban J connectivity index is 1.81. The van der Waals surface area contributed by atoms with E-state index in [-0.39, 0.29) is 5.69 Å². The summed E-state index contributed by atoms with van der Waals surface area (Å²) < 4.78 is 7.69. The number of aryl methyl sites for hydroxylation is 1. The molecule has 0 amide bonds. The third kappa shape index (κ3) is 3.49. The van der Waals surface area contributed by atoms with Gasteiger partial charge in [0, 0.05) is 32.3 Å². The highest BCUT2D eigenvalue weighted by molar-refractivity contribution is 6.36.